The molecule has 0 amide bonds. The van der Waals surface area contributed by atoms with E-state index in [-0.39, 0.29) is 0 Å². The van der Waals surface area contributed by atoms with Crippen molar-refractivity contribution in [2.45, 2.75) is 6.92 Å². The number of halogens is 1. The Morgan fingerprint density at radius 2 is 2.35 bits per heavy atom. The van der Waals surface area contributed by atoms with Gasteiger partial charge < -0.3 is 11.1 Å². The van der Waals surface area contributed by atoms with E-state index in [1.165, 1.54) is 0 Å². The summed E-state index contributed by atoms with van der Waals surface area (Å²) in [6.07, 6.45) is 1.76. The Morgan fingerprint density at radius 3 is 3.12 bits per heavy atom. The predicted molar refractivity (Wildman–Crippen MR) is 75.2 cm³/mol. The molecule has 2 rings (SSSR count). The summed E-state index contributed by atoms with van der Waals surface area (Å²) < 4.78 is 0.956. The highest BCUT2D eigenvalue weighted by molar-refractivity contribution is 9.10. The number of aliphatic imine (C=N–C) groups is 1. The third kappa shape index (κ3) is 2.74. The number of fused-ring (bicyclic) bond motifs is 1. The summed E-state index contributed by atoms with van der Waals surface area (Å²) in [6.45, 7) is 2.59. The van der Waals surface area contributed by atoms with Crippen LogP contribution in [0.25, 0.3) is 10.9 Å². The van der Waals surface area contributed by atoms with Crippen molar-refractivity contribution < 1.29 is 0 Å². The van der Waals surface area contributed by atoms with E-state index in [0.717, 1.165) is 21.1 Å². The predicted octanol–water partition coefficient (Wildman–Crippen LogP) is 2.74. The number of para-hydroxylation sites is 1. The molecular weight excluding hydrogens is 280 g/mol. The molecule has 0 aliphatic heterocycles. The molecule has 0 atom stereocenters. The van der Waals surface area contributed by atoms with Crippen molar-refractivity contribution >= 4 is 38.5 Å². The second kappa shape index (κ2) is 5.14. The molecule has 0 fully saturated rings. The number of aromatic nitrogens is 1. The zero-order valence-electron chi connectivity index (χ0n) is 9.44. The van der Waals surface area contributed by atoms with E-state index in [0.29, 0.717) is 12.5 Å². The maximum Gasteiger partial charge on any atom is 0.193 e. The molecule has 0 aliphatic carbocycles. The normalized spacial score (nSPS) is 11.8. The molecule has 1 aromatic heterocycles. The van der Waals surface area contributed by atoms with Crippen molar-refractivity contribution in [1.82, 2.24) is 4.98 Å². The smallest absolute Gasteiger partial charge is 0.193 e. The van der Waals surface area contributed by atoms with Gasteiger partial charge in [0, 0.05) is 22.6 Å². The minimum atomic E-state index is 0.407. The number of nitrogens with two attached hydrogens (primary N) is 1. The molecule has 0 aliphatic rings. The summed E-state index contributed by atoms with van der Waals surface area (Å²) >= 11 is 3.40. The van der Waals surface area contributed by atoms with Crippen LogP contribution in [-0.4, -0.2) is 17.5 Å². The van der Waals surface area contributed by atoms with Crippen LogP contribution in [-0.2, 0) is 0 Å². The molecule has 5 heteroatoms. The molecular formula is C12H13BrN4. The molecule has 17 heavy (non-hydrogen) atoms. The number of pyridine rings is 1. The zero-order valence-corrected chi connectivity index (χ0v) is 11.0. The van der Waals surface area contributed by atoms with Crippen molar-refractivity contribution in [3.05, 3.63) is 34.9 Å². The van der Waals surface area contributed by atoms with Crippen LogP contribution in [0.15, 0.2) is 39.9 Å². The fourth-order valence-corrected chi connectivity index (χ4v) is 1.93. The molecule has 0 saturated carbocycles. The Labute approximate surface area is 108 Å². The van der Waals surface area contributed by atoms with Crippen molar-refractivity contribution in [1.29, 1.82) is 0 Å². The van der Waals surface area contributed by atoms with Crippen molar-refractivity contribution in [3.8, 4) is 0 Å². The first-order chi connectivity index (χ1) is 8.20. The van der Waals surface area contributed by atoms with E-state index in [1.54, 1.807) is 6.20 Å². The lowest BCUT2D eigenvalue weighted by Gasteiger charge is -2.08. The lowest BCUT2D eigenvalue weighted by atomic mass is 10.2. The summed E-state index contributed by atoms with van der Waals surface area (Å²) in [5.41, 5.74) is 7.48. The number of guanidine groups is 1. The highest BCUT2D eigenvalue weighted by atomic mass is 79.9. The number of hydrogen-bond donors (Lipinski definition) is 2. The zero-order chi connectivity index (χ0) is 12.3. The lowest BCUT2D eigenvalue weighted by molar-refractivity contribution is 1.12. The van der Waals surface area contributed by atoms with E-state index >= 15 is 0 Å². The van der Waals surface area contributed by atoms with Gasteiger partial charge in [-0.1, -0.05) is 12.1 Å². The van der Waals surface area contributed by atoms with Crippen LogP contribution in [0, 0.1) is 0 Å². The first-order valence-corrected chi connectivity index (χ1v) is 6.11. The summed E-state index contributed by atoms with van der Waals surface area (Å²) in [4.78, 5) is 8.46. The third-order valence-corrected chi connectivity index (χ3v) is 2.70. The number of nitrogens with zero attached hydrogens (tertiary/aromatic N) is 2. The van der Waals surface area contributed by atoms with Crippen molar-refractivity contribution in [2.24, 2.45) is 10.7 Å². The molecule has 2 aromatic rings. The second-order valence-electron chi connectivity index (χ2n) is 3.52. The van der Waals surface area contributed by atoms with Gasteiger partial charge in [-0.05, 0) is 35.0 Å². The van der Waals surface area contributed by atoms with Crippen LogP contribution in [0.1, 0.15) is 6.92 Å². The third-order valence-electron chi connectivity index (χ3n) is 2.27. The highest BCUT2D eigenvalue weighted by Crippen LogP contribution is 2.23. The van der Waals surface area contributed by atoms with Crippen molar-refractivity contribution in [3.63, 3.8) is 0 Å². The lowest BCUT2D eigenvalue weighted by Crippen LogP contribution is -2.22. The standard InChI is InChI=1S/C12H13BrN4/c1-2-15-12(14)17-10-5-3-4-8-6-9(13)7-16-11(8)10/h3-7H,2H2,1H3,(H3,14,15,17). The Hall–Kier alpha value is -1.62. The van der Waals surface area contributed by atoms with Gasteiger partial charge in [0.2, 0.25) is 0 Å². The summed E-state index contributed by atoms with van der Waals surface area (Å²) in [6, 6.07) is 7.91. The molecule has 0 bridgehead atoms. The maximum absolute atomic E-state index is 5.74. The Balaban J connectivity index is 2.44. The monoisotopic (exact) mass is 292 g/mol. The molecule has 1 aromatic carbocycles. The quantitative estimate of drug-likeness (QED) is 0.661. The summed E-state index contributed by atoms with van der Waals surface area (Å²) in [7, 11) is 0. The minimum Gasteiger partial charge on any atom is -0.370 e. The Bertz CT molecular complexity index is 565. The second-order valence-corrected chi connectivity index (χ2v) is 4.43. The molecule has 0 spiro atoms. The fraction of sp³-hybridized carbons (Fsp3) is 0.167. The topological polar surface area (TPSA) is 63.3 Å². The maximum atomic E-state index is 5.74. The van der Waals surface area contributed by atoms with Gasteiger partial charge >= 0.3 is 0 Å². The van der Waals surface area contributed by atoms with Gasteiger partial charge in [0.15, 0.2) is 5.96 Å². The fourth-order valence-electron chi connectivity index (χ4n) is 1.58. The summed E-state index contributed by atoms with van der Waals surface area (Å²) in [5.74, 6) is 0.407. The molecule has 0 unspecified atom stereocenters. The van der Waals surface area contributed by atoms with Gasteiger partial charge in [0.1, 0.15) is 0 Å². The van der Waals surface area contributed by atoms with Gasteiger partial charge in [0.25, 0.3) is 0 Å². The Morgan fingerprint density at radius 1 is 1.53 bits per heavy atom. The Kier molecular flexibility index (Phi) is 3.58. The number of hydrogen-bond acceptors (Lipinski definition) is 2. The highest BCUT2D eigenvalue weighted by Gasteiger charge is 2.03. The molecule has 88 valence electrons. The van der Waals surface area contributed by atoms with Crippen LogP contribution in [0.2, 0.25) is 0 Å². The van der Waals surface area contributed by atoms with Gasteiger partial charge in [0.05, 0.1) is 11.2 Å². The first-order valence-electron chi connectivity index (χ1n) is 5.32. The van der Waals surface area contributed by atoms with Crippen LogP contribution >= 0.6 is 15.9 Å². The van der Waals surface area contributed by atoms with Gasteiger partial charge in [-0.2, -0.15) is 0 Å². The van der Waals surface area contributed by atoms with E-state index in [9.17, 15) is 0 Å². The van der Waals surface area contributed by atoms with Crippen LogP contribution in [0.4, 0.5) is 5.69 Å². The SMILES string of the molecule is CCN=C(N)Nc1cccc2cc(Br)cnc12. The number of benzene rings is 1. The van der Waals surface area contributed by atoms with E-state index in [1.807, 2.05) is 31.2 Å². The number of anilines is 1. The number of nitrogens with one attached hydrogen (secondary N) is 1. The molecule has 0 radical (unpaired) electrons. The van der Waals surface area contributed by atoms with E-state index in [4.69, 9.17) is 5.73 Å². The van der Waals surface area contributed by atoms with Crippen LogP contribution in [0.5, 0.6) is 0 Å². The van der Waals surface area contributed by atoms with Gasteiger partial charge in [-0.15, -0.1) is 0 Å². The molecule has 1 heterocycles. The van der Waals surface area contributed by atoms with Crippen LogP contribution < -0.4 is 11.1 Å². The average molecular weight is 293 g/mol. The van der Waals surface area contributed by atoms with E-state index in [2.05, 4.69) is 31.2 Å². The summed E-state index contributed by atoms with van der Waals surface area (Å²) in [5, 5.41) is 4.10. The molecule has 3 N–H and O–H groups in total. The van der Waals surface area contributed by atoms with Crippen molar-refractivity contribution in [2.75, 3.05) is 11.9 Å². The van der Waals surface area contributed by atoms with E-state index < -0.39 is 0 Å². The molecule has 0 saturated heterocycles. The minimum absolute atomic E-state index is 0.407. The largest absolute Gasteiger partial charge is 0.370 e. The first kappa shape index (κ1) is 11.9. The number of rotatable bonds is 2. The molecule has 4 nitrogen and oxygen atoms in total. The van der Waals surface area contributed by atoms with Gasteiger partial charge in [-0.3, -0.25) is 9.98 Å². The van der Waals surface area contributed by atoms with Gasteiger partial charge in [-0.25, -0.2) is 0 Å². The average Bonchev–Trinajstić information content (AvgIpc) is 2.29. The van der Waals surface area contributed by atoms with Crippen LogP contribution in [0.3, 0.4) is 0 Å².